The van der Waals surface area contributed by atoms with Crippen LogP contribution in [0.15, 0.2) is 12.1 Å². The molecule has 2 aromatic rings. The number of fused-ring (bicyclic) bond motifs is 1. The predicted molar refractivity (Wildman–Crippen MR) is 90.6 cm³/mol. The van der Waals surface area contributed by atoms with E-state index in [1.807, 2.05) is 12.1 Å². The molecule has 0 aliphatic heterocycles. The van der Waals surface area contributed by atoms with Gasteiger partial charge in [0.25, 0.3) is 0 Å². The highest BCUT2D eigenvalue weighted by molar-refractivity contribution is 6.42. The Hall–Kier alpha value is -0.440. The molecule has 2 unspecified atom stereocenters. The van der Waals surface area contributed by atoms with Crippen LogP contribution >= 0.6 is 34.8 Å². The number of imidazole rings is 1. The number of halogens is 3. The number of aromatic nitrogens is 2. The molecule has 1 fully saturated rings. The lowest BCUT2D eigenvalue weighted by atomic mass is 10.0. The molecule has 1 aliphatic rings. The first-order valence-electron chi connectivity index (χ1n) is 7.52. The average Bonchev–Trinajstić information content (AvgIpc) is 2.66. The van der Waals surface area contributed by atoms with E-state index in [1.165, 1.54) is 32.1 Å². The second-order valence-electron chi connectivity index (χ2n) is 6.05. The largest absolute Gasteiger partial charge is 0.324 e. The summed E-state index contributed by atoms with van der Waals surface area (Å²) in [5, 5.41) is 1.12. The third-order valence-electron chi connectivity index (χ3n) is 4.52. The van der Waals surface area contributed by atoms with E-state index in [-0.39, 0.29) is 0 Å². The fourth-order valence-corrected chi connectivity index (χ4v) is 3.87. The molecule has 1 aromatic heterocycles. The molecule has 0 saturated heterocycles. The van der Waals surface area contributed by atoms with E-state index in [2.05, 4.69) is 16.5 Å². The zero-order chi connectivity index (χ0) is 15.0. The third-order valence-corrected chi connectivity index (χ3v) is 5.48. The van der Waals surface area contributed by atoms with Crippen molar-refractivity contribution in [3.05, 3.63) is 28.0 Å². The van der Waals surface area contributed by atoms with Crippen molar-refractivity contribution in [1.82, 2.24) is 9.55 Å². The van der Waals surface area contributed by atoms with Gasteiger partial charge in [-0.15, -0.1) is 11.6 Å². The number of nitrogens with zero attached hydrogens (tertiary/aromatic N) is 2. The zero-order valence-corrected chi connectivity index (χ0v) is 14.3. The standard InChI is InChI=1S/C16H19Cl3N2/c1-10-3-2-4-11(6-5-10)21-15-8-13(19)12(18)7-14(15)20-16(21)9-17/h7-8,10-11H,2-6,9H2,1H3. The normalized spacial score (nSPS) is 23.4. The van der Waals surface area contributed by atoms with Crippen molar-refractivity contribution >= 4 is 45.8 Å². The Morgan fingerprint density at radius 1 is 1.14 bits per heavy atom. The van der Waals surface area contributed by atoms with E-state index in [9.17, 15) is 0 Å². The maximum atomic E-state index is 6.20. The first-order valence-corrected chi connectivity index (χ1v) is 8.81. The maximum Gasteiger partial charge on any atom is 0.125 e. The summed E-state index contributed by atoms with van der Waals surface area (Å²) in [4.78, 5) is 4.65. The van der Waals surface area contributed by atoms with Crippen LogP contribution in [0, 0.1) is 5.92 Å². The Bertz CT molecular complexity index is 650. The number of hydrogen-bond donors (Lipinski definition) is 0. The highest BCUT2D eigenvalue weighted by Crippen LogP contribution is 2.36. The predicted octanol–water partition coefficient (Wildman–Crippen LogP) is 6.22. The average molecular weight is 346 g/mol. The molecule has 0 amide bonds. The van der Waals surface area contributed by atoms with Gasteiger partial charge in [-0.05, 0) is 37.3 Å². The molecule has 0 N–H and O–H groups in total. The van der Waals surface area contributed by atoms with E-state index in [0.29, 0.717) is 22.0 Å². The van der Waals surface area contributed by atoms with E-state index in [4.69, 9.17) is 34.8 Å². The summed E-state index contributed by atoms with van der Waals surface area (Å²) in [5.41, 5.74) is 1.94. The summed E-state index contributed by atoms with van der Waals surface area (Å²) in [6, 6.07) is 4.23. The lowest BCUT2D eigenvalue weighted by Crippen LogP contribution is -2.11. The first-order chi connectivity index (χ1) is 10.1. The molecule has 1 saturated carbocycles. The Morgan fingerprint density at radius 3 is 2.67 bits per heavy atom. The molecule has 0 radical (unpaired) electrons. The molecule has 1 heterocycles. The van der Waals surface area contributed by atoms with Crippen molar-refractivity contribution < 1.29 is 0 Å². The Balaban J connectivity index is 2.09. The van der Waals surface area contributed by atoms with Gasteiger partial charge in [0.05, 0.1) is 27.0 Å². The molecular formula is C16H19Cl3N2. The monoisotopic (exact) mass is 344 g/mol. The van der Waals surface area contributed by atoms with Crippen molar-refractivity contribution in [2.45, 2.75) is 50.9 Å². The van der Waals surface area contributed by atoms with Gasteiger partial charge < -0.3 is 4.57 Å². The van der Waals surface area contributed by atoms with E-state index in [0.717, 1.165) is 22.8 Å². The summed E-state index contributed by atoms with van der Waals surface area (Å²) >= 11 is 18.4. The van der Waals surface area contributed by atoms with Crippen molar-refractivity contribution in [3.8, 4) is 0 Å². The van der Waals surface area contributed by atoms with Crippen LogP contribution in [0.4, 0.5) is 0 Å². The van der Waals surface area contributed by atoms with Crippen LogP contribution in [0.3, 0.4) is 0 Å². The van der Waals surface area contributed by atoms with Gasteiger partial charge in [-0.25, -0.2) is 4.98 Å². The summed E-state index contributed by atoms with van der Waals surface area (Å²) in [6.45, 7) is 2.34. The summed E-state index contributed by atoms with van der Waals surface area (Å²) in [6.07, 6.45) is 6.19. The topological polar surface area (TPSA) is 17.8 Å². The summed E-state index contributed by atoms with van der Waals surface area (Å²) in [5.74, 6) is 2.14. The fraction of sp³-hybridized carbons (Fsp3) is 0.562. The van der Waals surface area contributed by atoms with Gasteiger partial charge >= 0.3 is 0 Å². The minimum atomic E-state index is 0.413. The number of alkyl halides is 1. The Kier molecular flexibility index (Phi) is 4.68. The second kappa shape index (κ2) is 6.36. The highest BCUT2D eigenvalue weighted by Gasteiger charge is 2.22. The minimum absolute atomic E-state index is 0.413. The first kappa shape index (κ1) is 15.5. The zero-order valence-electron chi connectivity index (χ0n) is 12.1. The highest BCUT2D eigenvalue weighted by atomic mass is 35.5. The maximum absolute atomic E-state index is 6.20. The van der Waals surface area contributed by atoms with Crippen molar-refractivity contribution in [1.29, 1.82) is 0 Å². The van der Waals surface area contributed by atoms with Gasteiger partial charge in [0.1, 0.15) is 5.82 Å². The SMILES string of the molecule is CC1CCCC(n2c(CCl)nc3cc(Cl)c(Cl)cc32)CC1. The molecule has 114 valence electrons. The number of hydrogen-bond acceptors (Lipinski definition) is 1. The Morgan fingerprint density at radius 2 is 1.90 bits per heavy atom. The van der Waals surface area contributed by atoms with Crippen LogP contribution in [0.5, 0.6) is 0 Å². The molecule has 0 spiro atoms. The van der Waals surface area contributed by atoms with E-state index >= 15 is 0 Å². The molecule has 2 nitrogen and oxygen atoms in total. The molecule has 1 aromatic carbocycles. The Labute approximate surface area is 140 Å². The van der Waals surface area contributed by atoms with Crippen LogP contribution < -0.4 is 0 Å². The molecule has 1 aliphatic carbocycles. The van der Waals surface area contributed by atoms with Crippen molar-refractivity contribution in [3.63, 3.8) is 0 Å². The molecule has 3 rings (SSSR count). The van der Waals surface area contributed by atoms with Gasteiger partial charge in [0, 0.05) is 6.04 Å². The molecule has 21 heavy (non-hydrogen) atoms. The van der Waals surface area contributed by atoms with Gasteiger partial charge in [-0.1, -0.05) is 43.0 Å². The van der Waals surface area contributed by atoms with Crippen LogP contribution in [-0.4, -0.2) is 9.55 Å². The molecule has 2 atom stereocenters. The lowest BCUT2D eigenvalue weighted by Gasteiger charge is -2.19. The smallest absolute Gasteiger partial charge is 0.125 e. The second-order valence-corrected chi connectivity index (χ2v) is 7.14. The van der Waals surface area contributed by atoms with Crippen molar-refractivity contribution in [2.75, 3.05) is 0 Å². The molecule has 0 bridgehead atoms. The summed E-state index contributed by atoms with van der Waals surface area (Å²) < 4.78 is 2.29. The van der Waals surface area contributed by atoms with Gasteiger partial charge in [-0.2, -0.15) is 0 Å². The van der Waals surface area contributed by atoms with Gasteiger partial charge in [-0.3, -0.25) is 0 Å². The van der Waals surface area contributed by atoms with Crippen LogP contribution in [0.25, 0.3) is 11.0 Å². The fourth-order valence-electron chi connectivity index (χ4n) is 3.37. The minimum Gasteiger partial charge on any atom is -0.324 e. The van der Waals surface area contributed by atoms with E-state index in [1.54, 1.807) is 0 Å². The molecule has 5 heteroatoms. The van der Waals surface area contributed by atoms with Gasteiger partial charge in [0.2, 0.25) is 0 Å². The van der Waals surface area contributed by atoms with Crippen LogP contribution in [0.1, 0.15) is 50.9 Å². The number of rotatable bonds is 2. The third kappa shape index (κ3) is 3.04. The van der Waals surface area contributed by atoms with E-state index < -0.39 is 0 Å². The van der Waals surface area contributed by atoms with Gasteiger partial charge in [0.15, 0.2) is 0 Å². The lowest BCUT2D eigenvalue weighted by molar-refractivity contribution is 0.433. The van der Waals surface area contributed by atoms with Crippen LogP contribution in [-0.2, 0) is 5.88 Å². The quantitative estimate of drug-likeness (QED) is 0.466. The van der Waals surface area contributed by atoms with Crippen LogP contribution in [0.2, 0.25) is 10.0 Å². The number of benzene rings is 1. The molecular weight excluding hydrogens is 327 g/mol. The summed E-state index contributed by atoms with van der Waals surface area (Å²) in [7, 11) is 0. The van der Waals surface area contributed by atoms with Crippen molar-refractivity contribution in [2.24, 2.45) is 5.92 Å².